The molecule has 1 aliphatic heterocycles. The second-order valence-corrected chi connectivity index (χ2v) is 7.18. The number of amides is 2. The van der Waals surface area contributed by atoms with Crippen LogP contribution in [0.3, 0.4) is 0 Å². The Labute approximate surface area is 144 Å². The van der Waals surface area contributed by atoms with E-state index in [-0.39, 0.29) is 11.8 Å². The van der Waals surface area contributed by atoms with E-state index in [2.05, 4.69) is 5.32 Å². The number of thiophene rings is 1. The lowest BCUT2D eigenvalue weighted by Crippen LogP contribution is -2.35. The van der Waals surface area contributed by atoms with Crippen molar-refractivity contribution in [3.05, 3.63) is 50.7 Å². The van der Waals surface area contributed by atoms with E-state index in [9.17, 15) is 9.59 Å². The third-order valence-corrected chi connectivity index (χ3v) is 5.16. The van der Waals surface area contributed by atoms with E-state index in [0.29, 0.717) is 22.2 Å². The number of carbonyl (C=O) groups excluding carboxylic acids is 2. The zero-order chi connectivity index (χ0) is 16.4. The van der Waals surface area contributed by atoms with Gasteiger partial charge in [-0.15, -0.1) is 11.3 Å². The van der Waals surface area contributed by atoms with Gasteiger partial charge in [-0.3, -0.25) is 9.59 Å². The first-order valence-corrected chi connectivity index (χ1v) is 8.72. The minimum Gasteiger partial charge on any atom is -0.338 e. The van der Waals surface area contributed by atoms with E-state index in [1.165, 1.54) is 16.9 Å². The molecule has 0 saturated carbocycles. The molecule has 0 fully saturated rings. The minimum atomic E-state index is -0.167. The quantitative estimate of drug-likeness (QED) is 0.913. The van der Waals surface area contributed by atoms with Crippen LogP contribution in [-0.2, 0) is 17.8 Å². The number of nitrogens with zero attached hydrogens (tertiary/aromatic N) is 1. The van der Waals surface area contributed by atoms with Gasteiger partial charge in [0.15, 0.2) is 0 Å². The normalized spacial score (nSPS) is 13.6. The van der Waals surface area contributed by atoms with Gasteiger partial charge >= 0.3 is 0 Å². The highest BCUT2D eigenvalue weighted by atomic mass is 35.5. The first-order chi connectivity index (χ1) is 11.1. The largest absolute Gasteiger partial charge is 0.338 e. The van der Waals surface area contributed by atoms with E-state index in [4.69, 9.17) is 11.6 Å². The molecule has 120 valence electrons. The van der Waals surface area contributed by atoms with Crippen LogP contribution in [0, 0.1) is 0 Å². The van der Waals surface area contributed by atoms with Gasteiger partial charge in [0, 0.05) is 25.2 Å². The molecule has 1 aromatic heterocycles. The Morgan fingerprint density at radius 2 is 2.09 bits per heavy atom. The smallest absolute Gasteiger partial charge is 0.265 e. The molecule has 2 heterocycles. The molecule has 0 bridgehead atoms. The molecule has 0 unspecified atom stereocenters. The van der Waals surface area contributed by atoms with Gasteiger partial charge in [-0.2, -0.15) is 0 Å². The lowest BCUT2D eigenvalue weighted by molar-refractivity contribution is -0.131. The summed E-state index contributed by atoms with van der Waals surface area (Å²) in [5.74, 6) is -0.00235. The second kappa shape index (κ2) is 6.72. The van der Waals surface area contributed by atoms with Crippen molar-refractivity contribution in [2.75, 3.05) is 11.9 Å². The molecule has 6 heteroatoms. The standard InChI is InChI=1S/C17H17ClN2O2S/c1-2-16(21)20-8-7-11-3-4-13(9-12(11)10-20)19-17(22)14-5-6-15(18)23-14/h3-6,9H,2,7-8,10H2,1H3,(H,19,22). The van der Waals surface area contributed by atoms with Gasteiger partial charge in [0.2, 0.25) is 5.91 Å². The summed E-state index contributed by atoms with van der Waals surface area (Å²) >= 11 is 7.11. The summed E-state index contributed by atoms with van der Waals surface area (Å²) in [5.41, 5.74) is 3.08. The number of nitrogens with one attached hydrogen (secondary N) is 1. The lowest BCUT2D eigenvalue weighted by atomic mass is 9.99. The Kier molecular flexibility index (Phi) is 4.68. The zero-order valence-corrected chi connectivity index (χ0v) is 14.3. The van der Waals surface area contributed by atoms with Gasteiger partial charge in [-0.1, -0.05) is 24.6 Å². The van der Waals surface area contributed by atoms with E-state index < -0.39 is 0 Å². The molecule has 0 atom stereocenters. The van der Waals surface area contributed by atoms with Crippen LogP contribution in [0.2, 0.25) is 4.34 Å². The van der Waals surface area contributed by atoms with Crippen molar-refractivity contribution in [1.82, 2.24) is 4.90 Å². The predicted molar refractivity (Wildman–Crippen MR) is 93.1 cm³/mol. The molecule has 23 heavy (non-hydrogen) atoms. The Morgan fingerprint density at radius 3 is 2.78 bits per heavy atom. The van der Waals surface area contributed by atoms with E-state index in [1.54, 1.807) is 12.1 Å². The number of carbonyl (C=O) groups is 2. The fourth-order valence-electron chi connectivity index (χ4n) is 2.70. The molecule has 4 nitrogen and oxygen atoms in total. The molecule has 2 amide bonds. The third-order valence-electron chi connectivity index (χ3n) is 3.93. The number of halogens is 1. The number of benzene rings is 1. The van der Waals surface area contributed by atoms with Gasteiger partial charge in [0.1, 0.15) is 0 Å². The summed E-state index contributed by atoms with van der Waals surface area (Å²) in [6, 6.07) is 9.31. The van der Waals surface area contributed by atoms with Gasteiger partial charge < -0.3 is 10.2 Å². The van der Waals surface area contributed by atoms with Crippen molar-refractivity contribution in [2.45, 2.75) is 26.3 Å². The maximum Gasteiger partial charge on any atom is 0.265 e. The fourth-order valence-corrected chi connectivity index (χ4v) is 3.64. The number of anilines is 1. The van der Waals surface area contributed by atoms with Gasteiger partial charge in [0.05, 0.1) is 9.21 Å². The third kappa shape index (κ3) is 3.57. The van der Waals surface area contributed by atoms with Crippen molar-refractivity contribution >= 4 is 40.4 Å². The van der Waals surface area contributed by atoms with Crippen LogP contribution < -0.4 is 5.32 Å². The molecule has 0 radical (unpaired) electrons. The van der Waals surface area contributed by atoms with Gasteiger partial charge in [-0.25, -0.2) is 0 Å². The molecule has 1 aromatic carbocycles. The summed E-state index contributed by atoms with van der Waals surface area (Å²) in [6.07, 6.45) is 1.38. The molecule has 0 spiro atoms. The molecular formula is C17H17ClN2O2S. The molecular weight excluding hydrogens is 332 g/mol. The van der Waals surface area contributed by atoms with Crippen molar-refractivity contribution in [3.8, 4) is 0 Å². The molecule has 1 N–H and O–H groups in total. The highest BCUT2D eigenvalue weighted by molar-refractivity contribution is 7.18. The van der Waals surface area contributed by atoms with Crippen LogP contribution >= 0.6 is 22.9 Å². The van der Waals surface area contributed by atoms with Crippen LogP contribution in [0.25, 0.3) is 0 Å². The van der Waals surface area contributed by atoms with Crippen molar-refractivity contribution < 1.29 is 9.59 Å². The Balaban J connectivity index is 1.75. The van der Waals surface area contributed by atoms with Crippen molar-refractivity contribution in [2.24, 2.45) is 0 Å². The van der Waals surface area contributed by atoms with Crippen LogP contribution in [0.4, 0.5) is 5.69 Å². The Morgan fingerprint density at radius 1 is 1.26 bits per heavy atom. The van der Waals surface area contributed by atoms with E-state index in [1.807, 2.05) is 30.0 Å². The summed E-state index contributed by atoms with van der Waals surface area (Å²) < 4.78 is 0.592. The fraction of sp³-hybridized carbons (Fsp3) is 0.294. The molecule has 1 aliphatic rings. The maximum absolute atomic E-state index is 12.2. The zero-order valence-electron chi connectivity index (χ0n) is 12.8. The summed E-state index contributed by atoms with van der Waals surface area (Å²) in [7, 11) is 0. The highest BCUT2D eigenvalue weighted by Gasteiger charge is 2.20. The first-order valence-electron chi connectivity index (χ1n) is 7.53. The van der Waals surface area contributed by atoms with Gasteiger partial charge in [0.25, 0.3) is 5.91 Å². The predicted octanol–water partition coefficient (Wildman–Crippen LogP) is 3.95. The SMILES string of the molecule is CCC(=O)N1CCc2ccc(NC(=O)c3ccc(Cl)s3)cc2C1. The first kappa shape index (κ1) is 16.0. The Hall–Kier alpha value is -1.85. The average molecular weight is 349 g/mol. The number of rotatable bonds is 3. The Bertz CT molecular complexity index is 757. The number of hydrogen-bond acceptors (Lipinski definition) is 3. The maximum atomic E-state index is 12.2. The summed E-state index contributed by atoms with van der Waals surface area (Å²) in [4.78, 5) is 26.5. The van der Waals surface area contributed by atoms with Crippen molar-refractivity contribution in [1.29, 1.82) is 0 Å². The topological polar surface area (TPSA) is 49.4 Å². The van der Waals surface area contributed by atoms with Crippen LogP contribution in [0.5, 0.6) is 0 Å². The van der Waals surface area contributed by atoms with Crippen LogP contribution in [-0.4, -0.2) is 23.3 Å². The summed E-state index contributed by atoms with van der Waals surface area (Å²) in [5, 5.41) is 2.89. The average Bonchev–Trinajstić information content (AvgIpc) is 3.00. The molecule has 2 aromatic rings. The monoisotopic (exact) mass is 348 g/mol. The highest BCUT2D eigenvalue weighted by Crippen LogP contribution is 2.25. The number of hydrogen-bond donors (Lipinski definition) is 1. The minimum absolute atomic E-state index is 0.165. The molecule has 0 aliphatic carbocycles. The van der Waals surface area contributed by atoms with Crippen LogP contribution in [0.15, 0.2) is 30.3 Å². The van der Waals surface area contributed by atoms with Crippen LogP contribution in [0.1, 0.15) is 34.1 Å². The van der Waals surface area contributed by atoms with Gasteiger partial charge in [-0.05, 0) is 41.8 Å². The number of fused-ring (bicyclic) bond motifs is 1. The van der Waals surface area contributed by atoms with Crippen molar-refractivity contribution in [3.63, 3.8) is 0 Å². The second-order valence-electron chi connectivity index (χ2n) is 5.46. The lowest BCUT2D eigenvalue weighted by Gasteiger charge is -2.29. The molecule has 0 saturated heterocycles. The summed E-state index contributed by atoms with van der Waals surface area (Å²) in [6.45, 7) is 3.25. The van der Waals surface area contributed by atoms with E-state index >= 15 is 0 Å². The van der Waals surface area contributed by atoms with E-state index in [0.717, 1.165) is 24.2 Å². The molecule has 3 rings (SSSR count).